The van der Waals surface area contributed by atoms with Crippen LogP contribution in [0, 0.1) is 0 Å². The van der Waals surface area contributed by atoms with Crippen LogP contribution in [0.5, 0.6) is 0 Å². The number of aliphatic hydroxyl groups excluding tert-OH is 10. The molecule has 1 heterocycles. The lowest BCUT2D eigenvalue weighted by molar-refractivity contribution is -0.116. The first-order chi connectivity index (χ1) is 24.4. The van der Waals surface area contributed by atoms with Crippen LogP contribution in [-0.4, -0.2) is 167 Å². The molecule has 0 bridgehead atoms. The fraction of sp³-hybridized carbons (Fsp3) is 0.433. The Morgan fingerprint density at radius 3 is 1.35 bits per heavy atom. The minimum absolute atomic E-state index is 0.0700. The zero-order chi connectivity index (χ0) is 39.2. The van der Waals surface area contributed by atoms with Crippen LogP contribution in [-0.2, 0) is 4.79 Å². The second kappa shape index (κ2) is 18.9. The Labute approximate surface area is 319 Å². The zero-order valence-electron chi connectivity index (χ0n) is 26.6. The van der Waals surface area contributed by atoms with Gasteiger partial charge in [-0.1, -0.05) is 12.1 Å². The second-order valence-corrected chi connectivity index (χ2v) is 13.8. The third-order valence-corrected chi connectivity index (χ3v) is 10.2. The van der Waals surface area contributed by atoms with E-state index in [0.29, 0.717) is 4.90 Å². The number of amides is 5. The smallest absolute Gasteiger partial charge is 0.262 e. The maximum absolute atomic E-state index is 13.5. The number of hydrogen-bond acceptors (Lipinski definition) is 15. The van der Waals surface area contributed by atoms with Crippen molar-refractivity contribution in [3.05, 3.63) is 59.9 Å². The Hall–Kier alpha value is -2.97. The van der Waals surface area contributed by atoms with E-state index in [0.717, 1.165) is 0 Å². The highest BCUT2D eigenvalue weighted by atomic mass is 79.9. The van der Waals surface area contributed by atoms with Gasteiger partial charge in [-0.3, -0.25) is 28.9 Å². The Balaban J connectivity index is 1.95. The number of rotatable bonds is 17. The monoisotopic (exact) mass is 928 g/mol. The Morgan fingerprint density at radius 1 is 0.615 bits per heavy atom. The molecule has 3 rings (SSSR count). The van der Waals surface area contributed by atoms with E-state index in [9.17, 15) is 64.8 Å². The molecule has 2 aromatic rings. The lowest BCUT2D eigenvalue weighted by Crippen LogP contribution is -2.50. The van der Waals surface area contributed by atoms with E-state index in [4.69, 9.17) is 10.2 Å². The summed E-state index contributed by atoms with van der Waals surface area (Å²) >= 11 is 9.52. The summed E-state index contributed by atoms with van der Waals surface area (Å²) in [6, 6.07) is 5.87. The first-order valence-corrected chi connectivity index (χ1v) is 17.4. The molecule has 286 valence electrons. The van der Waals surface area contributed by atoms with Gasteiger partial charge in [0.15, 0.2) is 0 Å². The number of anilines is 1. The van der Waals surface area contributed by atoms with Gasteiger partial charge in [-0.25, -0.2) is 0 Å². The molecule has 19 nitrogen and oxygen atoms in total. The molecule has 0 aliphatic carbocycles. The third-order valence-electron chi connectivity index (χ3n) is 7.81. The van der Waals surface area contributed by atoms with Gasteiger partial charge in [0, 0.05) is 17.6 Å². The molecule has 5 amide bonds. The molecule has 0 spiro atoms. The topological polar surface area (TPSA) is 327 Å². The summed E-state index contributed by atoms with van der Waals surface area (Å²) in [5.74, 6) is -4.62. The van der Waals surface area contributed by atoms with Crippen molar-refractivity contribution in [2.24, 2.45) is 0 Å². The Morgan fingerprint density at radius 2 is 0.981 bits per heavy atom. The van der Waals surface area contributed by atoms with Crippen molar-refractivity contribution in [1.29, 1.82) is 0 Å². The van der Waals surface area contributed by atoms with E-state index in [1.54, 1.807) is 0 Å². The van der Waals surface area contributed by atoms with Gasteiger partial charge in [-0.2, -0.15) is 0 Å². The van der Waals surface area contributed by atoms with Crippen LogP contribution < -0.4 is 16.0 Å². The lowest BCUT2D eigenvalue weighted by Gasteiger charge is -2.26. The number of carbonyl (C=O) groups excluding carboxylic acids is 5. The molecule has 0 saturated carbocycles. The van der Waals surface area contributed by atoms with Crippen LogP contribution in [0.3, 0.4) is 0 Å². The summed E-state index contributed by atoms with van der Waals surface area (Å²) in [6.45, 7) is -4.24. The molecule has 2 aromatic carbocycles. The van der Waals surface area contributed by atoms with E-state index >= 15 is 0 Å². The number of halogens is 3. The van der Waals surface area contributed by atoms with E-state index in [2.05, 4.69) is 63.7 Å². The van der Waals surface area contributed by atoms with Crippen molar-refractivity contribution in [1.82, 2.24) is 15.5 Å². The van der Waals surface area contributed by atoms with Crippen LogP contribution in [0.2, 0.25) is 0 Å². The first-order valence-electron chi connectivity index (χ1n) is 15.1. The highest BCUT2D eigenvalue weighted by Gasteiger charge is 2.38. The summed E-state index contributed by atoms with van der Waals surface area (Å²) in [5.41, 5.74) is -1.02. The maximum Gasteiger partial charge on any atom is 0.262 e. The molecular weight excluding hydrogens is 896 g/mol. The quantitative estimate of drug-likeness (QED) is 0.0686. The molecule has 1 aliphatic heterocycles. The number of nitrogens with one attached hydrogen (secondary N) is 3. The van der Waals surface area contributed by atoms with E-state index < -0.39 is 122 Å². The SMILES string of the molecule is O=C(CN1C(=O)c2ccccc2C1=O)Nc1c(Br)c(C(=O)NCC(O)C(O)C(O)C(O)CO)c(Br)c(C(=O)NCC(O)C(O)C(O)C(O)CO)c1Br. The minimum atomic E-state index is -2.05. The highest BCUT2D eigenvalue weighted by molar-refractivity contribution is 9.11. The summed E-state index contributed by atoms with van der Waals surface area (Å²) < 4.78 is -0.701. The molecule has 22 heteroatoms. The van der Waals surface area contributed by atoms with Crippen LogP contribution in [0.15, 0.2) is 37.7 Å². The number of benzene rings is 2. The molecule has 0 aromatic heterocycles. The Bertz CT molecular complexity index is 1580. The zero-order valence-corrected chi connectivity index (χ0v) is 31.3. The minimum Gasteiger partial charge on any atom is -0.394 e. The lowest BCUT2D eigenvalue weighted by atomic mass is 10.0. The number of carbonyl (C=O) groups is 5. The van der Waals surface area contributed by atoms with Gasteiger partial charge in [0.1, 0.15) is 43.2 Å². The van der Waals surface area contributed by atoms with Gasteiger partial charge in [0.05, 0.1) is 62.3 Å². The number of nitrogens with zero attached hydrogens (tertiary/aromatic N) is 1. The Kier molecular flexibility index (Phi) is 15.8. The second-order valence-electron chi connectivity index (χ2n) is 11.4. The highest BCUT2D eigenvalue weighted by Crippen LogP contribution is 2.42. The van der Waals surface area contributed by atoms with Gasteiger partial charge in [0.2, 0.25) is 5.91 Å². The van der Waals surface area contributed by atoms with Gasteiger partial charge < -0.3 is 67.0 Å². The number of hydrogen-bond donors (Lipinski definition) is 13. The van der Waals surface area contributed by atoms with Crippen LogP contribution in [0.4, 0.5) is 5.69 Å². The first kappa shape index (κ1) is 43.4. The predicted molar refractivity (Wildman–Crippen MR) is 187 cm³/mol. The van der Waals surface area contributed by atoms with Crippen molar-refractivity contribution in [3.63, 3.8) is 0 Å². The fourth-order valence-corrected chi connectivity index (χ4v) is 7.72. The van der Waals surface area contributed by atoms with E-state index in [1.807, 2.05) is 0 Å². The number of fused-ring (bicyclic) bond motifs is 1. The molecule has 13 N–H and O–H groups in total. The van der Waals surface area contributed by atoms with Crippen molar-refractivity contribution >= 4 is 83.0 Å². The summed E-state index contributed by atoms with van der Waals surface area (Å²) in [5, 5.41) is 105. The standard InChI is InChI=1S/C30H35Br3N4O15/c31-19-17(27(49)34-5-12(40)23(45)25(47)14(42)8-38)20(32)22(36-16(44)7-37-29(51)10-3-1-2-4-11(10)30(37)52)21(33)18(19)28(50)35-6-13(41)24(46)26(48)15(43)9-39/h1-4,12-15,23-26,38-43,45-48H,5-9H2,(H,34,49)(H,35,50)(H,36,44). The molecular formula is C30H35Br3N4O15. The largest absolute Gasteiger partial charge is 0.394 e. The van der Waals surface area contributed by atoms with Crippen molar-refractivity contribution < 1.29 is 75.0 Å². The number of aliphatic hydroxyl groups is 10. The summed E-state index contributed by atoms with van der Waals surface area (Å²) in [4.78, 5) is 66.6. The van der Waals surface area contributed by atoms with Gasteiger partial charge in [0.25, 0.3) is 23.6 Å². The van der Waals surface area contributed by atoms with Gasteiger partial charge in [-0.05, 0) is 59.9 Å². The van der Waals surface area contributed by atoms with Crippen molar-refractivity contribution in [2.45, 2.75) is 48.8 Å². The molecule has 0 saturated heterocycles. The van der Waals surface area contributed by atoms with Crippen LogP contribution >= 0.6 is 47.8 Å². The molecule has 52 heavy (non-hydrogen) atoms. The van der Waals surface area contributed by atoms with E-state index in [1.165, 1.54) is 24.3 Å². The predicted octanol–water partition coefficient (Wildman–Crippen LogP) is -3.46. The molecule has 1 aliphatic rings. The molecule has 8 unspecified atom stereocenters. The maximum atomic E-state index is 13.5. The molecule has 0 radical (unpaired) electrons. The summed E-state index contributed by atoms with van der Waals surface area (Å²) in [7, 11) is 0. The number of imide groups is 1. The average Bonchev–Trinajstić information content (AvgIpc) is 3.36. The molecule has 0 fully saturated rings. The van der Waals surface area contributed by atoms with Gasteiger partial charge >= 0.3 is 0 Å². The summed E-state index contributed by atoms with van der Waals surface area (Å²) in [6.07, 6.45) is -15.6. The van der Waals surface area contributed by atoms with Crippen LogP contribution in [0.1, 0.15) is 41.4 Å². The van der Waals surface area contributed by atoms with E-state index in [-0.39, 0.29) is 30.2 Å². The third kappa shape index (κ3) is 9.57. The van der Waals surface area contributed by atoms with Gasteiger partial charge in [-0.15, -0.1) is 0 Å². The normalized spacial score (nSPS) is 17.4. The van der Waals surface area contributed by atoms with Crippen LogP contribution in [0.25, 0.3) is 0 Å². The fourth-order valence-electron chi connectivity index (χ4n) is 4.82. The molecule has 8 atom stereocenters. The van der Waals surface area contributed by atoms with Crippen molar-refractivity contribution in [3.8, 4) is 0 Å². The average molecular weight is 931 g/mol. The van der Waals surface area contributed by atoms with Crippen molar-refractivity contribution in [2.75, 3.05) is 38.2 Å².